The second-order valence-electron chi connectivity index (χ2n) is 7.69. The molecule has 0 radical (unpaired) electrons. The highest BCUT2D eigenvalue weighted by Crippen LogP contribution is 2.37. The van der Waals surface area contributed by atoms with Gasteiger partial charge in [-0.2, -0.15) is 13.2 Å². The number of halogens is 3. The van der Waals surface area contributed by atoms with Gasteiger partial charge in [0.2, 0.25) is 0 Å². The molecule has 10 heteroatoms. The van der Waals surface area contributed by atoms with Gasteiger partial charge in [0.1, 0.15) is 17.8 Å². The molecule has 4 rings (SSSR count). The van der Waals surface area contributed by atoms with Crippen molar-refractivity contribution in [2.45, 2.75) is 17.5 Å². The molecule has 35 heavy (non-hydrogen) atoms. The summed E-state index contributed by atoms with van der Waals surface area (Å²) in [6.07, 6.45) is -3.09. The maximum atomic E-state index is 13.4. The fourth-order valence-electron chi connectivity index (χ4n) is 3.63. The van der Waals surface area contributed by atoms with Gasteiger partial charge in [0.25, 0.3) is 0 Å². The molecular weight excluding hydrogens is 481 g/mol. The van der Waals surface area contributed by atoms with E-state index in [1.54, 1.807) is 36.4 Å². The van der Waals surface area contributed by atoms with Gasteiger partial charge in [-0.3, -0.25) is 0 Å². The van der Waals surface area contributed by atoms with E-state index in [4.69, 9.17) is 9.47 Å². The molecule has 0 unspecified atom stereocenters. The van der Waals surface area contributed by atoms with Gasteiger partial charge in [0.05, 0.1) is 27.4 Å². The topological polar surface area (TPSA) is 78.4 Å². The van der Waals surface area contributed by atoms with Crippen molar-refractivity contribution in [3.8, 4) is 22.8 Å². The molecule has 0 aliphatic carbocycles. The summed E-state index contributed by atoms with van der Waals surface area (Å²) in [6.45, 7) is 0.338. The van der Waals surface area contributed by atoms with Crippen LogP contribution in [0, 0.1) is 0 Å². The van der Waals surface area contributed by atoms with Crippen LogP contribution in [0.4, 0.5) is 13.2 Å². The first-order valence-electron chi connectivity index (χ1n) is 10.6. The van der Waals surface area contributed by atoms with Crippen molar-refractivity contribution >= 4 is 20.7 Å². The van der Waals surface area contributed by atoms with Crippen LogP contribution >= 0.6 is 0 Å². The van der Waals surface area contributed by atoms with E-state index in [0.29, 0.717) is 35.8 Å². The third-order valence-corrected chi connectivity index (χ3v) is 7.04. The Hall–Kier alpha value is -3.50. The predicted molar refractivity (Wildman–Crippen MR) is 125 cm³/mol. The number of sulfone groups is 1. The molecule has 0 atom stereocenters. The fraction of sp³-hybridized carbons (Fsp3) is 0.200. The minimum absolute atomic E-state index is 0.0551. The van der Waals surface area contributed by atoms with Crippen LogP contribution in [0.2, 0.25) is 0 Å². The second-order valence-corrected chi connectivity index (χ2v) is 9.80. The van der Waals surface area contributed by atoms with E-state index in [1.807, 2.05) is 0 Å². The third kappa shape index (κ3) is 5.60. The van der Waals surface area contributed by atoms with Crippen LogP contribution in [-0.4, -0.2) is 37.9 Å². The normalized spacial score (nSPS) is 12.1. The first-order chi connectivity index (χ1) is 16.7. The largest absolute Gasteiger partial charge is 0.457 e. The molecule has 0 N–H and O–H groups in total. The number of aromatic nitrogens is 2. The van der Waals surface area contributed by atoms with Crippen molar-refractivity contribution in [1.82, 2.24) is 9.97 Å². The SMILES string of the molecule is COCCCS(=O)(=O)c1cccc(Oc2cccc(-c3ncnc4c(C(F)(F)F)cccc34)c2)c1. The molecule has 0 aliphatic heterocycles. The van der Waals surface area contributed by atoms with Gasteiger partial charge in [0.15, 0.2) is 9.84 Å². The van der Waals surface area contributed by atoms with E-state index in [-0.39, 0.29) is 21.6 Å². The number of ether oxygens (including phenoxy) is 2. The Morgan fingerprint density at radius 1 is 0.914 bits per heavy atom. The maximum absolute atomic E-state index is 13.4. The number of rotatable bonds is 8. The lowest BCUT2D eigenvalue weighted by atomic mass is 10.0. The van der Waals surface area contributed by atoms with E-state index < -0.39 is 21.6 Å². The molecule has 4 aromatic rings. The highest BCUT2D eigenvalue weighted by Gasteiger charge is 2.33. The zero-order chi connectivity index (χ0) is 25.1. The number of hydrogen-bond acceptors (Lipinski definition) is 6. The Morgan fingerprint density at radius 3 is 2.37 bits per heavy atom. The molecular formula is C25H21F3N2O4S. The van der Waals surface area contributed by atoms with Gasteiger partial charge in [-0.25, -0.2) is 18.4 Å². The van der Waals surface area contributed by atoms with Gasteiger partial charge in [-0.15, -0.1) is 0 Å². The summed E-state index contributed by atoms with van der Waals surface area (Å²) >= 11 is 0. The molecule has 0 aliphatic rings. The van der Waals surface area contributed by atoms with E-state index in [0.717, 1.165) is 12.4 Å². The molecule has 6 nitrogen and oxygen atoms in total. The van der Waals surface area contributed by atoms with Crippen molar-refractivity contribution in [2.24, 2.45) is 0 Å². The van der Waals surface area contributed by atoms with E-state index in [2.05, 4.69) is 9.97 Å². The van der Waals surface area contributed by atoms with Crippen molar-refractivity contribution in [3.63, 3.8) is 0 Å². The molecule has 0 bridgehead atoms. The number of methoxy groups -OCH3 is 1. The summed E-state index contributed by atoms with van der Waals surface area (Å²) in [5, 5.41) is 0.253. The summed E-state index contributed by atoms with van der Waals surface area (Å²) in [5.74, 6) is 0.623. The summed E-state index contributed by atoms with van der Waals surface area (Å²) < 4.78 is 76.2. The van der Waals surface area contributed by atoms with Crippen molar-refractivity contribution in [1.29, 1.82) is 0 Å². The molecule has 1 aromatic heterocycles. The van der Waals surface area contributed by atoms with Crippen LogP contribution < -0.4 is 4.74 Å². The monoisotopic (exact) mass is 502 g/mol. The molecule has 0 amide bonds. The molecule has 0 saturated heterocycles. The summed E-state index contributed by atoms with van der Waals surface area (Å²) in [5.41, 5.74) is -0.184. The molecule has 1 heterocycles. The van der Waals surface area contributed by atoms with E-state index in [1.165, 1.54) is 31.4 Å². The summed E-state index contributed by atoms with van der Waals surface area (Å²) in [4.78, 5) is 8.19. The molecule has 0 spiro atoms. The first kappa shape index (κ1) is 24.6. The Bertz CT molecular complexity index is 1460. The average molecular weight is 503 g/mol. The molecule has 182 valence electrons. The Labute approximate surface area is 200 Å². The average Bonchev–Trinajstić information content (AvgIpc) is 2.83. The van der Waals surface area contributed by atoms with Crippen molar-refractivity contribution < 1.29 is 31.1 Å². The van der Waals surface area contributed by atoms with Gasteiger partial charge in [0, 0.05) is 24.7 Å². The van der Waals surface area contributed by atoms with Crippen LogP contribution in [0.1, 0.15) is 12.0 Å². The van der Waals surface area contributed by atoms with Crippen LogP contribution in [0.3, 0.4) is 0 Å². The standard InChI is InChI=1S/C25H21F3N2O4S/c1-33-12-5-13-35(31,32)20-9-3-8-19(15-20)34-18-7-2-6-17(14-18)23-21-10-4-11-22(25(26,27)28)24(21)30-16-29-23/h2-4,6-11,14-16H,5,12-13H2,1H3. The number of nitrogens with zero attached hydrogens (tertiary/aromatic N) is 2. The molecule has 0 fully saturated rings. The quantitative estimate of drug-likeness (QED) is 0.279. The number of benzene rings is 3. The number of para-hydroxylation sites is 1. The zero-order valence-corrected chi connectivity index (χ0v) is 19.4. The Balaban J connectivity index is 1.65. The number of hydrogen-bond donors (Lipinski definition) is 0. The Morgan fingerprint density at radius 2 is 1.63 bits per heavy atom. The van der Waals surface area contributed by atoms with Crippen LogP contribution in [0.25, 0.3) is 22.2 Å². The highest BCUT2D eigenvalue weighted by atomic mass is 32.2. The van der Waals surface area contributed by atoms with Crippen LogP contribution in [0.5, 0.6) is 11.5 Å². The van der Waals surface area contributed by atoms with Gasteiger partial charge >= 0.3 is 6.18 Å². The van der Waals surface area contributed by atoms with Crippen LogP contribution in [-0.2, 0) is 20.8 Å². The van der Waals surface area contributed by atoms with Gasteiger partial charge in [-0.05, 0) is 42.8 Å². The van der Waals surface area contributed by atoms with Crippen LogP contribution in [0.15, 0.2) is 78.0 Å². The summed E-state index contributed by atoms with van der Waals surface area (Å²) in [7, 11) is -2.00. The second kappa shape index (κ2) is 10.0. The van der Waals surface area contributed by atoms with Crippen molar-refractivity contribution in [2.75, 3.05) is 19.5 Å². The Kier molecular flexibility index (Phi) is 7.04. The van der Waals surface area contributed by atoms with Crippen molar-refractivity contribution in [3.05, 3.63) is 78.6 Å². The number of alkyl halides is 3. The molecule has 3 aromatic carbocycles. The molecule has 0 saturated carbocycles. The van der Waals surface area contributed by atoms with Gasteiger partial charge < -0.3 is 9.47 Å². The maximum Gasteiger partial charge on any atom is 0.418 e. The lowest BCUT2D eigenvalue weighted by Crippen LogP contribution is -2.09. The zero-order valence-electron chi connectivity index (χ0n) is 18.6. The first-order valence-corrected chi connectivity index (χ1v) is 12.3. The predicted octanol–water partition coefficient (Wildman–Crippen LogP) is 5.92. The minimum Gasteiger partial charge on any atom is -0.457 e. The van der Waals surface area contributed by atoms with Gasteiger partial charge in [-0.1, -0.05) is 30.3 Å². The summed E-state index contributed by atoms with van der Waals surface area (Å²) in [6, 6.07) is 16.6. The highest BCUT2D eigenvalue weighted by molar-refractivity contribution is 7.91. The van der Waals surface area contributed by atoms with E-state index in [9.17, 15) is 21.6 Å². The number of fused-ring (bicyclic) bond motifs is 1. The lowest BCUT2D eigenvalue weighted by molar-refractivity contribution is -0.136. The van der Waals surface area contributed by atoms with E-state index >= 15 is 0 Å². The third-order valence-electron chi connectivity index (χ3n) is 5.24. The minimum atomic E-state index is -4.55. The lowest BCUT2D eigenvalue weighted by Gasteiger charge is -2.12. The smallest absolute Gasteiger partial charge is 0.418 e. The fourth-order valence-corrected chi connectivity index (χ4v) is 4.95.